The highest BCUT2D eigenvalue weighted by molar-refractivity contribution is 5.78. The molecule has 1 aromatic carbocycles. The number of hydrogen-bond acceptors (Lipinski definition) is 3. The zero-order valence-electron chi connectivity index (χ0n) is 11.9. The standard InChI is InChI=1S/C15H20N2O2/c1-15(2,3)17-14(18)9-12(10-16)11-5-7-13(19-4)8-6-11/h5-8,12H,9H2,1-4H3,(H,17,18). The van der Waals surface area contributed by atoms with Crippen molar-refractivity contribution in [3.05, 3.63) is 29.8 Å². The van der Waals surface area contributed by atoms with Crippen molar-refractivity contribution in [3.8, 4) is 11.8 Å². The third-order valence-corrected chi connectivity index (χ3v) is 2.58. The molecule has 0 bridgehead atoms. The number of ether oxygens (including phenoxy) is 1. The quantitative estimate of drug-likeness (QED) is 0.905. The van der Waals surface area contributed by atoms with Gasteiger partial charge in [0.2, 0.25) is 5.91 Å². The fraction of sp³-hybridized carbons (Fsp3) is 0.467. The van der Waals surface area contributed by atoms with Crippen molar-refractivity contribution in [1.29, 1.82) is 5.26 Å². The lowest BCUT2D eigenvalue weighted by Gasteiger charge is -2.21. The van der Waals surface area contributed by atoms with Crippen LogP contribution in [0.3, 0.4) is 0 Å². The molecule has 4 nitrogen and oxygen atoms in total. The Hall–Kier alpha value is -2.02. The Labute approximate surface area is 114 Å². The molecule has 0 heterocycles. The van der Waals surface area contributed by atoms with Gasteiger partial charge in [-0.25, -0.2) is 0 Å². The Kier molecular flexibility index (Phi) is 4.94. The van der Waals surface area contributed by atoms with Crippen molar-refractivity contribution in [2.75, 3.05) is 7.11 Å². The first-order chi connectivity index (χ1) is 8.85. The molecule has 0 fully saturated rings. The van der Waals surface area contributed by atoms with Gasteiger partial charge >= 0.3 is 0 Å². The monoisotopic (exact) mass is 260 g/mol. The molecular weight excluding hydrogens is 240 g/mol. The second-order valence-corrected chi connectivity index (χ2v) is 5.46. The van der Waals surface area contributed by atoms with E-state index in [2.05, 4.69) is 11.4 Å². The van der Waals surface area contributed by atoms with Crippen LogP contribution in [0, 0.1) is 11.3 Å². The first-order valence-electron chi connectivity index (χ1n) is 6.20. The van der Waals surface area contributed by atoms with Crippen LogP contribution >= 0.6 is 0 Å². The van der Waals surface area contributed by atoms with E-state index in [0.717, 1.165) is 11.3 Å². The van der Waals surface area contributed by atoms with Crippen molar-refractivity contribution < 1.29 is 9.53 Å². The summed E-state index contributed by atoms with van der Waals surface area (Å²) >= 11 is 0. The molecule has 0 aliphatic heterocycles. The normalized spacial score (nSPS) is 12.4. The molecule has 0 aliphatic carbocycles. The van der Waals surface area contributed by atoms with Crippen LogP contribution < -0.4 is 10.1 Å². The van der Waals surface area contributed by atoms with Gasteiger partial charge in [-0.1, -0.05) is 12.1 Å². The Morgan fingerprint density at radius 2 is 1.95 bits per heavy atom. The lowest BCUT2D eigenvalue weighted by atomic mass is 9.96. The average Bonchev–Trinajstić information content (AvgIpc) is 2.34. The predicted molar refractivity (Wildman–Crippen MR) is 73.9 cm³/mol. The highest BCUT2D eigenvalue weighted by atomic mass is 16.5. The zero-order valence-corrected chi connectivity index (χ0v) is 11.9. The van der Waals surface area contributed by atoms with Gasteiger partial charge in [0.15, 0.2) is 0 Å². The van der Waals surface area contributed by atoms with Gasteiger partial charge in [-0.05, 0) is 38.5 Å². The fourth-order valence-corrected chi connectivity index (χ4v) is 1.73. The fourth-order valence-electron chi connectivity index (χ4n) is 1.73. The maximum Gasteiger partial charge on any atom is 0.222 e. The van der Waals surface area contributed by atoms with Gasteiger partial charge in [0.05, 0.1) is 19.1 Å². The number of benzene rings is 1. The molecule has 1 unspecified atom stereocenters. The van der Waals surface area contributed by atoms with Crippen LogP contribution in [-0.4, -0.2) is 18.6 Å². The van der Waals surface area contributed by atoms with Crippen LogP contribution in [-0.2, 0) is 4.79 Å². The smallest absolute Gasteiger partial charge is 0.222 e. The third-order valence-electron chi connectivity index (χ3n) is 2.58. The first kappa shape index (κ1) is 15.0. The molecule has 0 radical (unpaired) electrons. The van der Waals surface area contributed by atoms with Gasteiger partial charge in [0.25, 0.3) is 0 Å². The third kappa shape index (κ3) is 5.01. The predicted octanol–water partition coefficient (Wildman–Crippen LogP) is 2.61. The summed E-state index contributed by atoms with van der Waals surface area (Å²) in [6, 6.07) is 9.39. The number of carbonyl (C=O) groups excluding carboxylic acids is 1. The molecule has 102 valence electrons. The molecule has 0 spiro atoms. The van der Waals surface area contributed by atoms with Crippen LogP contribution in [0.15, 0.2) is 24.3 Å². The minimum absolute atomic E-state index is 0.116. The van der Waals surface area contributed by atoms with E-state index in [1.165, 1.54) is 0 Å². The van der Waals surface area contributed by atoms with E-state index < -0.39 is 5.92 Å². The van der Waals surface area contributed by atoms with Crippen molar-refractivity contribution in [2.24, 2.45) is 0 Å². The summed E-state index contributed by atoms with van der Waals surface area (Å²) in [4.78, 5) is 11.8. The molecule has 0 saturated heterocycles. The summed E-state index contributed by atoms with van der Waals surface area (Å²) in [6.45, 7) is 5.75. The second kappa shape index (κ2) is 6.24. The Morgan fingerprint density at radius 3 is 2.37 bits per heavy atom. The van der Waals surface area contributed by atoms with Crippen molar-refractivity contribution in [1.82, 2.24) is 5.32 Å². The van der Waals surface area contributed by atoms with E-state index >= 15 is 0 Å². The number of amides is 1. The van der Waals surface area contributed by atoms with E-state index in [1.807, 2.05) is 32.9 Å². The van der Waals surface area contributed by atoms with Gasteiger partial charge < -0.3 is 10.1 Å². The van der Waals surface area contributed by atoms with Crippen LogP contribution in [0.5, 0.6) is 5.75 Å². The number of nitrogens with one attached hydrogen (secondary N) is 1. The van der Waals surface area contributed by atoms with E-state index in [4.69, 9.17) is 4.74 Å². The molecular formula is C15H20N2O2. The number of nitrogens with zero attached hydrogens (tertiary/aromatic N) is 1. The maximum atomic E-state index is 11.8. The van der Waals surface area contributed by atoms with Gasteiger partial charge in [0.1, 0.15) is 5.75 Å². The summed E-state index contributed by atoms with van der Waals surface area (Å²) in [6.07, 6.45) is 0.167. The van der Waals surface area contributed by atoms with E-state index in [9.17, 15) is 10.1 Å². The molecule has 1 amide bonds. The minimum atomic E-state index is -0.437. The highest BCUT2D eigenvalue weighted by Crippen LogP contribution is 2.22. The Morgan fingerprint density at radius 1 is 1.37 bits per heavy atom. The number of hydrogen-bond donors (Lipinski definition) is 1. The summed E-state index contributed by atoms with van der Waals surface area (Å²) in [5, 5.41) is 12.1. The van der Waals surface area contributed by atoms with Gasteiger partial charge in [-0.2, -0.15) is 5.26 Å². The van der Waals surface area contributed by atoms with Crippen LogP contribution in [0.2, 0.25) is 0 Å². The summed E-state index contributed by atoms with van der Waals surface area (Å²) in [5.41, 5.74) is 0.546. The summed E-state index contributed by atoms with van der Waals surface area (Å²) in [5.74, 6) is 0.183. The molecule has 1 N–H and O–H groups in total. The number of carbonyl (C=O) groups is 1. The highest BCUT2D eigenvalue weighted by Gasteiger charge is 2.19. The van der Waals surface area contributed by atoms with E-state index in [-0.39, 0.29) is 17.9 Å². The van der Waals surface area contributed by atoms with Crippen LogP contribution in [0.1, 0.15) is 38.7 Å². The first-order valence-corrected chi connectivity index (χ1v) is 6.20. The largest absolute Gasteiger partial charge is 0.497 e. The summed E-state index contributed by atoms with van der Waals surface area (Å²) in [7, 11) is 1.59. The molecule has 0 saturated carbocycles. The molecule has 4 heteroatoms. The SMILES string of the molecule is COc1ccc(C(C#N)CC(=O)NC(C)(C)C)cc1. The van der Waals surface area contributed by atoms with Crippen molar-refractivity contribution in [3.63, 3.8) is 0 Å². The maximum absolute atomic E-state index is 11.8. The topological polar surface area (TPSA) is 62.1 Å². The number of methoxy groups -OCH3 is 1. The molecule has 0 aliphatic rings. The van der Waals surface area contributed by atoms with Gasteiger partial charge in [-0.15, -0.1) is 0 Å². The number of rotatable bonds is 4. The minimum Gasteiger partial charge on any atom is -0.497 e. The van der Waals surface area contributed by atoms with Crippen LogP contribution in [0.25, 0.3) is 0 Å². The Bertz CT molecular complexity index is 466. The zero-order chi connectivity index (χ0) is 14.5. The Balaban J connectivity index is 2.73. The molecule has 1 rings (SSSR count). The molecule has 1 atom stereocenters. The lowest BCUT2D eigenvalue weighted by Crippen LogP contribution is -2.41. The van der Waals surface area contributed by atoms with E-state index in [0.29, 0.717) is 0 Å². The summed E-state index contributed by atoms with van der Waals surface area (Å²) < 4.78 is 5.07. The van der Waals surface area contributed by atoms with Crippen molar-refractivity contribution in [2.45, 2.75) is 38.6 Å². The molecule has 0 aromatic heterocycles. The average molecular weight is 260 g/mol. The van der Waals surface area contributed by atoms with E-state index in [1.54, 1.807) is 19.2 Å². The molecule has 19 heavy (non-hydrogen) atoms. The lowest BCUT2D eigenvalue weighted by molar-refractivity contribution is -0.122. The second-order valence-electron chi connectivity index (χ2n) is 5.46. The van der Waals surface area contributed by atoms with Gasteiger partial charge in [-0.3, -0.25) is 4.79 Å². The van der Waals surface area contributed by atoms with Crippen LogP contribution in [0.4, 0.5) is 0 Å². The number of nitriles is 1. The van der Waals surface area contributed by atoms with Crippen molar-refractivity contribution >= 4 is 5.91 Å². The molecule has 1 aromatic rings. The van der Waals surface area contributed by atoms with Gasteiger partial charge in [0, 0.05) is 12.0 Å².